The molecule has 1 heterocycles. The average Bonchev–Trinajstić information content (AvgIpc) is 2.83. The van der Waals surface area contributed by atoms with E-state index in [1.54, 1.807) is 6.07 Å². The molecule has 1 aromatic heterocycles. The van der Waals surface area contributed by atoms with Crippen molar-refractivity contribution in [2.45, 2.75) is 10.6 Å². The maximum absolute atomic E-state index is 13.4. The van der Waals surface area contributed by atoms with Gasteiger partial charge in [0, 0.05) is 10.9 Å². The van der Waals surface area contributed by atoms with E-state index >= 15 is 0 Å². The number of halogens is 2. The Morgan fingerprint density at radius 3 is 2.65 bits per heavy atom. The standard InChI is InChI=1S/C12H12F2N2O2S2/c13-8-1-3-10(14)11(7-8)16-20(17,18)12-4-2-9(19-12)5-6-15/h1-4,7,16H,5-6,15H2. The molecule has 4 nitrogen and oxygen atoms in total. The van der Waals surface area contributed by atoms with Gasteiger partial charge in [0.05, 0.1) is 5.69 Å². The normalized spacial score (nSPS) is 11.6. The number of nitrogens with two attached hydrogens (primary N) is 1. The molecule has 0 saturated carbocycles. The van der Waals surface area contributed by atoms with E-state index in [1.165, 1.54) is 6.07 Å². The van der Waals surface area contributed by atoms with Gasteiger partial charge in [0.2, 0.25) is 0 Å². The van der Waals surface area contributed by atoms with Crippen molar-refractivity contribution in [3.63, 3.8) is 0 Å². The van der Waals surface area contributed by atoms with E-state index in [2.05, 4.69) is 0 Å². The Hall–Kier alpha value is -1.51. The second kappa shape index (κ2) is 5.86. The van der Waals surface area contributed by atoms with Gasteiger partial charge in [-0.2, -0.15) is 0 Å². The molecule has 0 radical (unpaired) electrons. The predicted molar refractivity (Wildman–Crippen MR) is 74.2 cm³/mol. The fourth-order valence-corrected chi connectivity index (χ4v) is 3.98. The number of sulfonamides is 1. The van der Waals surface area contributed by atoms with E-state index in [1.807, 2.05) is 4.72 Å². The lowest BCUT2D eigenvalue weighted by atomic mass is 10.3. The van der Waals surface area contributed by atoms with Crippen molar-refractivity contribution in [3.05, 3.63) is 46.8 Å². The third-order valence-electron chi connectivity index (χ3n) is 2.47. The Morgan fingerprint density at radius 1 is 1.20 bits per heavy atom. The molecule has 0 fully saturated rings. The van der Waals surface area contributed by atoms with E-state index in [0.717, 1.165) is 34.4 Å². The molecule has 108 valence electrons. The lowest BCUT2D eigenvalue weighted by Crippen LogP contribution is -2.12. The molecule has 8 heteroatoms. The number of thiophene rings is 1. The molecule has 0 atom stereocenters. The molecule has 0 unspecified atom stereocenters. The second-order valence-corrected chi connectivity index (χ2v) is 7.07. The topological polar surface area (TPSA) is 72.2 Å². The molecule has 0 aliphatic carbocycles. The number of hydrogen-bond acceptors (Lipinski definition) is 4. The summed E-state index contributed by atoms with van der Waals surface area (Å²) in [4.78, 5) is 0.813. The van der Waals surface area contributed by atoms with Crippen molar-refractivity contribution in [2.24, 2.45) is 5.73 Å². The molecule has 0 amide bonds. The van der Waals surface area contributed by atoms with Crippen LogP contribution in [0.5, 0.6) is 0 Å². The van der Waals surface area contributed by atoms with Crippen molar-refractivity contribution >= 4 is 27.0 Å². The molecule has 3 N–H and O–H groups in total. The number of benzene rings is 1. The molecule has 20 heavy (non-hydrogen) atoms. The van der Waals surface area contributed by atoms with Crippen molar-refractivity contribution in [3.8, 4) is 0 Å². The highest BCUT2D eigenvalue weighted by Gasteiger charge is 2.19. The van der Waals surface area contributed by atoms with Crippen LogP contribution in [-0.2, 0) is 16.4 Å². The van der Waals surface area contributed by atoms with Crippen LogP contribution in [0.1, 0.15) is 4.88 Å². The second-order valence-electron chi connectivity index (χ2n) is 3.99. The zero-order chi connectivity index (χ0) is 14.8. The Bertz CT molecular complexity index is 714. The van der Waals surface area contributed by atoms with Crippen molar-refractivity contribution in [1.29, 1.82) is 0 Å². The van der Waals surface area contributed by atoms with Crippen LogP contribution in [-0.4, -0.2) is 15.0 Å². The molecule has 0 saturated heterocycles. The quantitative estimate of drug-likeness (QED) is 0.889. The Balaban J connectivity index is 2.28. The summed E-state index contributed by atoms with van der Waals surface area (Å²) in [6, 6.07) is 5.63. The van der Waals surface area contributed by atoms with Gasteiger partial charge >= 0.3 is 0 Å². The number of hydrogen-bond donors (Lipinski definition) is 2. The maximum Gasteiger partial charge on any atom is 0.271 e. The highest BCUT2D eigenvalue weighted by atomic mass is 32.2. The summed E-state index contributed by atoms with van der Waals surface area (Å²) < 4.78 is 52.6. The number of rotatable bonds is 5. The van der Waals surface area contributed by atoms with E-state index < -0.39 is 27.3 Å². The molecule has 2 rings (SSSR count). The van der Waals surface area contributed by atoms with E-state index in [9.17, 15) is 17.2 Å². The molecule has 0 bridgehead atoms. The summed E-state index contributed by atoms with van der Waals surface area (Å²) in [5, 5.41) is 0. The van der Waals surface area contributed by atoms with Gasteiger partial charge in [0.25, 0.3) is 10.0 Å². The van der Waals surface area contributed by atoms with Crippen molar-refractivity contribution < 1.29 is 17.2 Å². The third-order valence-corrected chi connectivity index (χ3v) is 5.47. The van der Waals surface area contributed by atoms with Crippen LogP contribution in [0.15, 0.2) is 34.5 Å². The van der Waals surface area contributed by atoms with Gasteiger partial charge in [-0.05, 0) is 37.2 Å². The van der Waals surface area contributed by atoms with Crippen molar-refractivity contribution in [1.82, 2.24) is 0 Å². The molecule has 0 aliphatic heterocycles. The van der Waals surface area contributed by atoms with E-state index in [4.69, 9.17) is 5.73 Å². The average molecular weight is 318 g/mol. The van der Waals surface area contributed by atoms with Gasteiger partial charge in [-0.1, -0.05) is 0 Å². The summed E-state index contributed by atoms with van der Waals surface area (Å²) in [7, 11) is -3.93. The van der Waals surface area contributed by atoms with Crippen molar-refractivity contribution in [2.75, 3.05) is 11.3 Å². The van der Waals surface area contributed by atoms with Crippen LogP contribution in [0.2, 0.25) is 0 Å². The molecular weight excluding hydrogens is 306 g/mol. The highest BCUT2D eigenvalue weighted by molar-refractivity contribution is 7.94. The first-order valence-electron chi connectivity index (χ1n) is 5.69. The zero-order valence-electron chi connectivity index (χ0n) is 10.3. The monoisotopic (exact) mass is 318 g/mol. The summed E-state index contributed by atoms with van der Waals surface area (Å²) >= 11 is 1.05. The first-order valence-corrected chi connectivity index (χ1v) is 7.99. The van der Waals surface area contributed by atoms with Crippen LogP contribution in [0.25, 0.3) is 0 Å². The predicted octanol–water partition coefficient (Wildman–Crippen LogP) is 2.33. The molecule has 2 aromatic rings. The SMILES string of the molecule is NCCc1ccc(S(=O)(=O)Nc2cc(F)ccc2F)s1. The smallest absolute Gasteiger partial charge is 0.271 e. The largest absolute Gasteiger partial charge is 0.330 e. The number of anilines is 1. The van der Waals surface area contributed by atoms with Crippen LogP contribution >= 0.6 is 11.3 Å². The molecule has 1 aromatic carbocycles. The van der Waals surface area contributed by atoms with Crippen LogP contribution in [0.3, 0.4) is 0 Å². The fraction of sp³-hybridized carbons (Fsp3) is 0.167. The van der Waals surface area contributed by atoms with E-state index in [-0.39, 0.29) is 4.21 Å². The molecule has 0 spiro atoms. The Kier molecular flexibility index (Phi) is 4.36. The van der Waals surface area contributed by atoms with Gasteiger partial charge in [-0.3, -0.25) is 4.72 Å². The fourth-order valence-electron chi connectivity index (χ4n) is 1.55. The van der Waals surface area contributed by atoms with Crippen LogP contribution in [0.4, 0.5) is 14.5 Å². The zero-order valence-corrected chi connectivity index (χ0v) is 11.9. The summed E-state index contributed by atoms with van der Waals surface area (Å²) in [6.07, 6.45) is 0.564. The van der Waals surface area contributed by atoms with Crippen LogP contribution < -0.4 is 10.5 Å². The van der Waals surface area contributed by atoms with E-state index in [0.29, 0.717) is 13.0 Å². The van der Waals surface area contributed by atoms with Gasteiger partial charge in [0.1, 0.15) is 15.8 Å². The maximum atomic E-state index is 13.4. The molecule has 0 aliphatic rings. The minimum absolute atomic E-state index is 0.0320. The van der Waals surface area contributed by atoms with Gasteiger partial charge in [-0.25, -0.2) is 17.2 Å². The minimum Gasteiger partial charge on any atom is -0.330 e. The van der Waals surface area contributed by atoms with Crippen LogP contribution in [0, 0.1) is 11.6 Å². The Morgan fingerprint density at radius 2 is 1.95 bits per heavy atom. The lowest BCUT2D eigenvalue weighted by Gasteiger charge is -2.07. The summed E-state index contributed by atoms with van der Waals surface area (Å²) in [5.41, 5.74) is 4.97. The lowest BCUT2D eigenvalue weighted by molar-refractivity contribution is 0.595. The first-order chi connectivity index (χ1) is 9.42. The summed E-state index contributed by atoms with van der Waals surface area (Å²) in [5.74, 6) is -1.56. The number of nitrogens with one attached hydrogen (secondary N) is 1. The third kappa shape index (κ3) is 3.33. The van der Waals surface area contributed by atoms with Gasteiger partial charge in [-0.15, -0.1) is 11.3 Å². The summed E-state index contributed by atoms with van der Waals surface area (Å²) in [6.45, 7) is 0.409. The molecular formula is C12H12F2N2O2S2. The van der Waals surface area contributed by atoms with Gasteiger partial charge < -0.3 is 5.73 Å². The minimum atomic E-state index is -3.93. The van der Waals surface area contributed by atoms with Gasteiger partial charge in [0.15, 0.2) is 0 Å². The first kappa shape index (κ1) is 14.9. The highest BCUT2D eigenvalue weighted by Crippen LogP contribution is 2.25. The Labute approximate surface area is 119 Å².